The van der Waals surface area contributed by atoms with E-state index in [1.54, 1.807) is 6.92 Å². The predicted molar refractivity (Wildman–Crippen MR) is 112 cm³/mol. The number of nitrogens with zero attached hydrogens (tertiary/aromatic N) is 1. The second-order valence-corrected chi connectivity index (χ2v) is 9.07. The third kappa shape index (κ3) is 5.78. The molecule has 0 spiro atoms. The highest BCUT2D eigenvalue weighted by Crippen LogP contribution is 2.28. The van der Waals surface area contributed by atoms with Crippen LogP contribution in [0, 0.1) is 17.0 Å². The van der Waals surface area contributed by atoms with Crippen molar-refractivity contribution >= 4 is 44.9 Å². The summed E-state index contributed by atoms with van der Waals surface area (Å²) in [6, 6.07) is 7.63. The van der Waals surface area contributed by atoms with E-state index in [-0.39, 0.29) is 27.2 Å². The molecular formula is C19H18ClN3O7S. The van der Waals surface area contributed by atoms with Crippen LogP contribution in [0.25, 0.3) is 0 Å². The molecule has 164 valence electrons. The Labute approximate surface area is 182 Å². The Morgan fingerprint density at radius 2 is 1.94 bits per heavy atom. The molecule has 1 aliphatic rings. The zero-order chi connectivity index (χ0) is 22.8. The number of hydrogen-bond acceptors (Lipinski definition) is 7. The number of ether oxygens (including phenoxy) is 1. The molecule has 0 atom stereocenters. The number of amides is 1. The Morgan fingerprint density at radius 1 is 1.23 bits per heavy atom. The van der Waals surface area contributed by atoms with E-state index in [4.69, 9.17) is 16.3 Å². The first kappa shape index (κ1) is 22.7. The molecule has 1 fully saturated rings. The highest BCUT2D eigenvalue weighted by Gasteiger charge is 2.28. The molecule has 1 aliphatic carbocycles. The zero-order valence-electron chi connectivity index (χ0n) is 16.3. The molecule has 10 nitrogen and oxygen atoms in total. The Bertz CT molecular complexity index is 1160. The zero-order valence-corrected chi connectivity index (χ0v) is 17.8. The monoisotopic (exact) mass is 467 g/mol. The first-order valence-corrected chi connectivity index (χ1v) is 11.0. The molecule has 0 saturated heterocycles. The number of esters is 1. The summed E-state index contributed by atoms with van der Waals surface area (Å²) in [5.74, 6) is -1.71. The average molecular weight is 468 g/mol. The van der Waals surface area contributed by atoms with Crippen molar-refractivity contribution in [2.75, 3.05) is 11.9 Å². The third-order valence-corrected chi connectivity index (χ3v) is 6.16. The van der Waals surface area contributed by atoms with Crippen LogP contribution < -0.4 is 10.0 Å². The van der Waals surface area contributed by atoms with Crippen LogP contribution in [0.5, 0.6) is 0 Å². The molecule has 0 unspecified atom stereocenters. The van der Waals surface area contributed by atoms with Crippen molar-refractivity contribution < 1.29 is 27.7 Å². The highest BCUT2D eigenvalue weighted by atomic mass is 35.5. The van der Waals surface area contributed by atoms with E-state index in [2.05, 4.69) is 10.0 Å². The number of nitro groups is 1. The van der Waals surface area contributed by atoms with Gasteiger partial charge in [-0.25, -0.2) is 17.9 Å². The summed E-state index contributed by atoms with van der Waals surface area (Å²) >= 11 is 5.72. The van der Waals surface area contributed by atoms with Gasteiger partial charge in [-0.3, -0.25) is 14.9 Å². The Hall–Kier alpha value is -3.02. The number of nitrogens with one attached hydrogen (secondary N) is 2. The van der Waals surface area contributed by atoms with Gasteiger partial charge < -0.3 is 10.1 Å². The van der Waals surface area contributed by atoms with Crippen molar-refractivity contribution in [2.24, 2.45) is 0 Å². The summed E-state index contributed by atoms with van der Waals surface area (Å²) in [5.41, 5.74) is -0.0666. The van der Waals surface area contributed by atoms with Gasteiger partial charge in [0.15, 0.2) is 6.61 Å². The van der Waals surface area contributed by atoms with Crippen LogP contribution in [0.15, 0.2) is 41.3 Å². The minimum atomic E-state index is -3.77. The molecule has 0 heterocycles. The molecule has 2 aromatic rings. The van der Waals surface area contributed by atoms with E-state index in [1.165, 1.54) is 30.3 Å². The van der Waals surface area contributed by atoms with Crippen molar-refractivity contribution in [2.45, 2.75) is 30.7 Å². The number of anilines is 1. The van der Waals surface area contributed by atoms with E-state index in [9.17, 15) is 28.1 Å². The molecule has 3 rings (SSSR count). The molecule has 0 bridgehead atoms. The van der Waals surface area contributed by atoms with Gasteiger partial charge in [-0.1, -0.05) is 17.7 Å². The number of rotatable bonds is 8. The molecule has 12 heteroatoms. The number of benzene rings is 2. The van der Waals surface area contributed by atoms with Crippen molar-refractivity contribution in [3.8, 4) is 0 Å². The second kappa shape index (κ2) is 9.00. The average Bonchev–Trinajstić information content (AvgIpc) is 3.50. The summed E-state index contributed by atoms with van der Waals surface area (Å²) in [6.07, 6.45) is 1.53. The van der Waals surface area contributed by atoms with Crippen molar-refractivity contribution in [3.63, 3.8) is 0 Å². The normalized spacial score (nSPS) is 13.5. The summed E-state index contributed by atoms with van der Waals surface area (Å²) in [6.45, 7) is 0.869. The lowest BCUT2D eigenvalue weighted by atomic mass is 10.1. The fraction of sp³-hybridized carbons (Fsp3) is 0.263. The van der Waals surface area contributed by atoms with Crippen LogP contribution in [0.1, 0.15) is 28.8 Å². The van der Waals surface area contributed by atoms with Gasteiger partial charge in [0.05, 0.1) is 15.4 Å². The van der Waals surface area contributed by atoms with Crippen LogP contribution in [-0.2, 0) is 19.6 Å². The lowest BCUT2D eigenvalue weighted by Crippen LogP contribution is -2.26. The number of hydrogen-bond donors (Lipinski definition) is 2. The molecule has 0 aromatic heterocycles. The van der Waals surface area contributed by atoms with Crippen LogP contribution in [0.3, 0.4) is 0 Å². The maximum absolute atomic E-state index is 12.4. The van der Waals surface area contributed by atoms with Gasteiger partial charge in [0.2, 0.25) is 10.0 Å². The standard InChI is InChI=1S/C19H18ClN3O7S/c1-11-2-6-14(31(28,29)22-13-4-5-13)9-15(11)19(25)30-10-18(24)21-16-7-3-12(20)8-17(16)23(26)27/h2-3,6-9,13,22H,4-5,10H2,1H3,(H,21,24). The van der Waals surface area contributed by atoms with Gasteiger partial charge in [-0.15, -0.1) is 0 Å². The number of halogens is 1. The van der Waals surface area contributed by atoms with E-state index in [0.29, 0.717) is 5.56 Å². The van der Waals surface area contributed by atoms with Crippen LogP contribution in [0.2, 0.25) is 5.02 Å². The topological polar surface area (TPSA) is 145 Å². The van der Waals surface area contributed by atoms with Crippen molar-refractivity contribution in [1.29, 1.82) is 0 Å². The maximum Gasteiger partial charge on any atom is 0.338 e. The first-order valence-electron chi connectivity index (χ1n) is 9.11. The molecule has 2 N–H and O–H groups in total. The SMILES string of the molecule is Cc1ccc(S(=O)(=O)NC2CC2)cc1C(=O)OCC(=O)Nc1ccc(Cl)cc1[N+](=O)[O-]. The predicted octanol–water partition coefficient (Wildman–Crippen LogP) is 2.79. The van der Waals surface area contributed by atoms with Crippen molar-refractivity contribution in [1.82, 2.24) is 4.72 Å². The van der Waals surface area contributed by atoms with Crippen LogP contribution >= 0.6 is 11.6 Å². The molecule has 1 saturated carbocycles. The van der Waals surface area contributed by atoms with Gasteiger partial charge in [0, 0.05) is 17.1 Å². The van der Waals surface area contributed by atoms with Crippen molar-refractivity contribution in [3.05, 3.63) is 62.7 Å². The summed E-state index contributed by atoms with van der Waals surface area (Å²) in [4.78, 5) is 34.8. The Balaban J connectivity index is 1.67. The van der Waals surface area contributed by atoms with Gasteiger partial charge >= 0.3 is 5.97 Å². The summed E-state index contributed by atoms with van der Waals surface area (Å²) in [5, 5.41) is 13.5. The minimum Gasteiger partial charge on any atom is -0.452 e. The molecule has 1 amide bonds. The number of aryl methyl sites for hydroxylation is 1. The largest absolute Gasteiger partial charge is 0.452 e. The number of nitro benzene ring substituents is 1. The van der Waals surface area contributed by atoms with E-state index < -0.39 is 39.1 Å². The van der Waals surface area contributed by atoms with Gasteiger partial charge in [-0.05, 0) is 49.6 Å². The third-order valence-electron chi connectivity index (χ3n) is 4.40. The van der Waals surface area contributed by atoms with Crippen LogP contribution in [-0.4, -0.2) is 37.9 Å². The molecular weight excluding hydrogens is 450 g/mol. The maximum atomic E-state index is 12.4. The lowest BCUT2D eigenvalue weighted by Gasteiger charge is -2.11. The van der Waals surface area contributed by atoms with E-state index in [0.717, 1.165) is 18.9 Å². The molecule has 2 aromatic carbocycles. The fourth-order valence-electron chi connectivity index (χ4n) is 2.63. The number of carbonyl (C=O) groups excluding carboxylic acids is 2. The molecule has 0 aliphatic heterocycles. The van der Waals surface area contributed by atoms with E-state index >= 15 is 0 Å². The first-order chi connectivity index (χ1) is 14.6. The van der Waals surface area contributed by atoms with Gasteiger partial charge in [-0.2, -0.15) is 0 Å². The Kier molecular flexibility index (Phi) is 6.58. The quantitative estimate of drug-likeness (QED) is 0.345. The summed E-state index contributed by atoms with van der Waals surface area (Å²) in [7, 11) is -3.77. The Morgan fingerprint density at radius 3 is 2.58 bits per heavy atom. The minimum absolute atomic E-state index is 0.0102. The molecule has 0 radical (unpaired) electrons. The lowest BCUT2D eigenvalue weighted by molar-refractivity contribution is -0.383. The number of sulfonamides is 1. The fourth-order valence-corrected chi connectivity index (χ4v) is 4.13. The van der Waals surface area contributed by atoms with Gasteiger partial charge in [0.1, 0.15) is 5.69 Å². The smallest absolute Gasteiger partial charge is 0.338 e. The van der Waals surface area contributed by atoms with Gasteiger partial charge in [0.25, 0.3) is 11.6 Å². The van der Waals surface area contributed by atoms with Crippen LogP contribution in [0.4, 0.5) is 11.4 Å². The molecule has 31 heavy (non-hydrogen) atoms. The van der Waals surface area contributed by atoms with E-state index in [1.807, 2.05) is 0 Å². The second-order valence-electron chi connectivity index (χ2n) is 6.92. The summed E-state index contributed by atoms with van der Waals surface area (Å²) < 4.78 is 32.2. The number of carbonyl (C=O) groups is 2. The highest BCUT2D eigenvalue weighted by molar-refractivity contribution is 7.89.